The second-order valence-electron chi connectivity index (χ2n) is 5.50. The van der Waals surface area contributed by atoms with Crippen LogP contribution in [0.25, 0.3) is 0 Å². The van der Waals surface area contributed by atoms with Crippen LogP contribution in [-0.4, -0.2) is 6.54 Å². The van der Waals surface area contributed by atoms with Gasteiger partial charge in [0.05, 0.1) is 16.3 Å². The van der Waals surface area contributed by atoms with Crippen LogP contribution in [0.1, 0.15) is 44.6 Å². The summed E-state index contributed by atoms with van der Waals surface area (Å²) >= 11 is 6.02. The number of rotatable bonds is 3. The van der Waals surface area contributed by atoms with E-state index in [-0.39, 0.29) is 0 Å². The van der Waals surface area contributed by atoms with Gasteiger partial charge in [0.15, 0.2) is 0 Å². The van der Waals surface area contributed by atoms with E-state index in [1.54, 1.807) is 6.07 Å². The van der Waals surface area contributed by atoms with Gasteiger partial charge in [-0.25, -0.2) is 0 Å². The van der Waals surface area contributed by atoms with E-state index < -0.39 is 0 Å². The largest absolute Gasteiger partial charge is 0.383 e. The monoisotopic (exact) mass is 262 g/mol. The zero-order chi connectivity index (χ0) is 13.0. The molecule has 0 atom stereocenters. The van der Waals surface area contributed by atoms with Gasteiger partial charge in [-0.05, 0) is 30.4 Å². The standard InChI is InChI=1S/C15H19ClN2/c1-15(8-3-2-4-9-15)11-18-14-7-5-6-13(16)12(14)10-17/h5-7,18H,2-4,8-9,11H2,1H3. The van der Waals surface area contributed by atoms with E-state index in [1.807, 2.05) is 12.1 Å². The molecule has 1 N–H and O–H groups in total. The average molecular weight is 263 g/mol. The first-order valence-electron chi connectivity index (χ1n) is 6.57. The highest BCUT2D eigenvalue weighted by molar-refractivity contribution is 6.32. The molecule has 0 aromatic heterocycles. The Morgan fingerprint density at radius 1 is 1.33 bits per heavy atom. The molecular formula is C15H19ClN2. The van der Waals surface area contributed by atoms with Gasteiger partial charge in [-0.2, -0.15) is 5.26 Å². The van der Waals surface area contributed by atoms with Crippen molar-refractivity contribution in [3.05, 3.63) is 28.8 Å². The van der Waals surface area contributed by atoms with Gasteiger partial charge in [0, 0.05) is 6.54 Å². The van der Waals surface area contributed by atoms with Crippen molar-refractivity contribution in [3.63, 3.8) is 0 Å². The normalized spacial score (nSPS) is 18.1. The van der Waals surface area contributed by atoms with Crippen molar-refractivity contribution in [1.82, 2.24) is 0 Å². The maximum atomic E-state index is 9.13. The van der Waals surface area contributed by atoms with Gasteiger partial charge in [-0.3, -0.25) is 0 Å². The number of halogens is 1. The number of nitriles is 1. The summed E-state index contributed by atoms with van der Waals surface area (Å²) in [4.78, 5) is 0. The third-order valence-corrected chi connectivity index (χ3v) is 4.21. The van der Waals surface area contributed by atoms with Crippen molar-refractivity contribution in [2.24, 2.45) is 5.41 Å². The van der Waals surface area contributed by atoms with Crippen LogP contribution >= 0.6 is 11.6 Å². The molecule has 1 fully saturated rings. The van der Waals surface area contributed by atoms with Gasteiger partial charge < -0.3 is 5.32 Å². The van der Waals surface area contributed by atoms with Crippen LogP contribution in [-0.2, 0) is 0 Å². The molecule has 0 amide bonds. The Bertz CT molecular complexity index is 456. The summed E-state index contributed by atoms with van der Waals surface area (Å²) in [5.74, 6) is 0. The molecule has 96 valence electrons. The molecule has 1 aromatic carbocycles. The topological polar surface area (TPSA) is 35.8 Å². The van der Waals surface area contributed by atoms with E-state index in [0.717, 1.165) is 12.2 Å². The van der Waals surface area contributed by atoms with E-state index in [9.17, 15) is 0 Å². The summed E-state index contributed by atoms with van der Waals surface area (Å²) in [6.07, 6.45) is 6.53. The average Bonchev–Trinajstić information content (AvgIpc) is 2.37. The number of nitrogens with one attached hydrogen (secondary N) is 1. The Kier molecular flexibility index (Phi) is 4.14. The Hall–Kier alpha value is -1.20. The molecule has 0 saturated heterocycles. The summed E-state index contributed by atoms with van der Waals surface area (Å²) < 4.78 is 0. The quantitative estimate of drug-likeness (QED) is 0.865. The van der Waals surface area contributed by atoms with Gasteiger partial charge in [0.25, 0.3) is 0 Å². The molecular weight excluding hydrogens is 244 g/mol. The fourth-order valence-electron chi connectivity index (χ4n) is 2.68. The molecule has 1 aliphatic rings. The van der Waals surface area contributed by atoms with Crippen molar-refractivity contribution in [3.8, 4) is 6.07 Å². The second-order valence-corrected chi connectivity index (χ2v) is 5.91. The maximum absolute atomic E-state index is 9.13. The Morgan fingerprint density at radius 2 is 2.06 bits per heavy atom. The Morgan fingerprint density at radius 3 is 2.72 bits per heavy atom. The van der Waals surface area contributed by atoms with Gasteiger partial charge in [0.2, 0.25) is 0 Å². The molecule has 1 aromatic rings. The van der Waals surface area contributed by atoms with E-state index in [1.165, 1.54) is 32.1 Å². The Labute approximate surface area is 114 Å². The van der Waals surface area contributed by atoms with E-state index in [0.29, 0.717) is 16.0 Å². The lowest BCUT2D eigenvalue weighted by molar-refractivity contribution is 0.233. The van der Waals surface area contributed by atoms with Crippen LogP contribution in [0, 0.1) is 16.7 Å². The zero-order valence-electron chi connectivity index (χ0n) is 10.8. The Balaban J connectivity index is 2.06. The first-order valence-corrected chi connectivity index (χ1v) is 6.95. The summed E-state index contributed by atoms with van der Waals surface area (Å²) in [5, 5.41) is 13.1. The van der Waals surface area contributed by atoms with E-state index in [4.69, 9.17) is 16.9 Å². The van der Waals surface area contributed by atoms with Crippen LogP contribution in [0.5, 0.6) is 0 Å². The number of nitrogens with zero attached hydrogens (tertiary/aromatic N) is 1. The van der Waals surface area contributed by atoms with Crippen molar-refractivity contribution in [2.75, 3.05) is 11.9 Å². The first kappa shape index (κ1) is 13.2. The summed E-state index contributed by atoms with van der Waals surface area (Å²) in [6, 6.07) is 7.74. The van der Waals surface area contributed by atoms with Crippen molar-refractivity contribution >= 4 is 17.3 Å². The summed E-state index contributed by atoms with van der Waals surface area (Å²) in [5.41, 5.74) is 1.77. The molecule has 0 bridgehead atoms. The van der Waals surface area contributed by atoms with Crippen molar-refractivity contribution in [1.29, 1.82) is 5.26 Å². The van der Waals surface area contributed by atoms with Crippen molar-refractivity contribution < 1.29 is 0 Å². The SMILES string of the molecule is CC1(CNc2cccc(Cl)c2C#N)CCCCC1. The molecule has 2 rings (SSSR count). The molecule has 3 heteroatoms. The molecule has 2 nitrogen and oxygen atoms in total. The van der Waals surface area contributed by atoms with Crippen LogP contribution in [0.3, 0.4) is 0 Å². The second kappa shape index (κ2) is 5.63. The van der Waals surface area contributed by atoms with Crippen molar-refractivity contribution in [2.45, 2.75) is 39.0 Å². The molecule has 0 unspecified atom stereocenters. The van der Waals surface area contributed by atoms with Crippen LogP contribution in [0.15, 0.2) is 18.2 Å². The third-order valence-electron chi connectivity index (χ3n) is 3.89. The molecule has 18 heavy (non-hydrogen) atoms. The molecule has 0 heterocycles. The summed E-state index contributed by atoms with van der Waals surface area (Å²) in [7, 11) is 0. The predicted octanol–water partition coefficient (Wildman–Crippen LogP) is 4.59. The van der Waals surface area contributed by atoms with Gasteiger partial charge in [-0.15, -0.1) is 0 Å². The highest BCUT2D eigenvalue weighted by Gasteiger charge is 2.26. The minimum Gasteiger partial charge on any atom is -0.383 e. The van der Waals surface area contributed by atoms with E-state index >= 15 is 0 Å². The van der Waals surface area contributed by atoms with E-state index in [2.05, 4.69) is 18.3 Å². The third kappa shape index (κ3) is 2.97. The lowest BCUT2D eigenvalue weighted by Crippen LogP contribution is -2.29. The van der Waals surface area contributed by atoms with Crippen LogP contribution in [0.4, 0.5) is 5.69 Å². The smallest absolute Gasteiger partial charge is 0.103 e. The number of benzene rings is 1. The summed E-state index contributed by atoms with van der Waals surface area (Å²) in [6.45, 7) is 3.25. The molecule has 1 saturated carbocycles. The van der Waals surface area contributed by atoms with Crippen LogP contribution < -0.4 is 5.32 Å². The molecule has 1 aliphatic carbocycles. The number of hydrogen-bond acceptors (Lipinski definition) is 2. The molecule has 0 aliphatic heterocycles. The predicted molar refractivity (Wildman–Crippen MR) is 75.8 cm³/mol. The minimum absolute atomic E-state index is 0.354. The van der Waals surface area contributed by atoms with Crippen LogP contribution in [0.2, 0.25) is 5.02 Å². The van der Waals surface area contributed by atoms with Gasteiger partial charge >= 0.3 is 0 Å². The fraction of sp³-hybridized carbons (Fsp3) is 0.533. The molecule has 0 spiro atoms. The van der Waals surface area contributed by atoms with Gasteiger partial charge in [-0.1, -0.05) is 43.9 Å². The van der Waals surface area contributed by atoms with Gasteiger partial charge in [0.1, 0.15) is 6.07 Å². The first-order chi connectivity index (χ1) is 8.64. The molecule has 0 radical (unpaired) electrons. The minimum atomic E-state index is 0.354. The maximum Gasteiger partial charge on any atom is 0.103 e. The number of anilines is 1. The lowest BCUT2D eigenvalue weighted by Gasteiger charge is -2.34. The number of hydrogen-bond donors (Lipinski definition) is 1. The fourth-order valence-corrected chi connectivity index (χ4v) is 2.89. The highest BCUT2D eigenvalue weighted by atomic mass is 35.5. The highest BCUT2D eigenvalue weighted by Crippen LogP contribution is 2.36. The zero-order valence-corrected chi connectivity index (χ0v) is 11.6. The lowest BCUT2D eigenvalue weighted by atomic mass is 9.75.